The Kier molecular flexibility index (Phi) is 24.4. The molecule has 3 aromatic carbocycles. The monoisotopic (exact) mass is 764 g/mol. The maximum Gasteiger partial charge on any atom is 0.0743 e. The van der Waals surface area contributed by atoms with Gasteiger partial charge in [0, 0.05) is 32.6 Å². The van der Waals surface area contributed by atoms with Crippen molar-refractivity contribution in [2.75, 3.05) is 0 Å². The van der Waals surface area contributed by atoms with Crippen molar-refractivity contribution >= 4 is 16.5 Å². The van der Waals surface area contributed by atoms with Gasteiger partial charge in [-0.2, -0.15) is 0 Å². The van der Waals surface area contributed by atoms with E-state index in [0.717, 1.165) is 17.5 Å². The fraction of sp³-hybridized carbons (Fsp3) is 0.289. The second-order valence-corrected chi connectivity index (χ2v) is 10.1. The Morgan fingerprint density at radius 1 is 0.884 bits per heavy atom. The Morgan fingerprint density at radius 3 is 1.95 bits per heavy atom. The second kappa shape index (κ2) is 23.6. The summed E-state index contributed by atoms with van der Waals surface area (Å²) in [6, 6.07) is 27.6. The summed E-state index contributed by atoms with van der Waals surface area (Å²) in [6.45, 7) is 12.5. The Balaban J connectivity index is -0.000000861. The van der Waals surface area contributed by atoms with Gasteiger partial charge in [0.15, 0.2) is 0 Å². The molecular weight excluding hydrogens is 712 g/mol. The predicted octanol–water partition coefficient (Wildman–Crippen LogP) is 10.1. The minimum Gasteiger partial charge on any atom is -0.674 e. The van der Waals surface area contributed by atoms with Crippen LogP contribution in [0.1, 0.15) is 69.6 Å². The third kappa shape index (κ3) is 12.3. The van der Waals surface area contributed by atoms with Crippen LogP contribution in [-0.2, 0) is 21.1 Å². The maximum atomic E-state index is 7.48. The second-order valence-electron chi connectivity index (χ2n) is 10.1. The standard InChI is InChI=1S/C26H21N.C7H14N.C3H8.2CH3.2H2O.Pt/c1-3-10-23(20-11-6-4-7-12-20)22-15-16-25-24(21-13-8-5-9-14-21)17-18-27-26(25)19(22)2;1-6-4-2-3-5-7(6)8;1-3-2;;;;;/h3-18H,1H2,2H3;6-8H,2-5H2,1H3;3H2,1-2H3;2*1H3;2*1H2;/q;-1;;2*-1;;;/b23-10-;;;;;;;. The van der Waals surface area contributed by atoms with E-state index in [1.165, 1.54) is 58.9 Å². The first kappa shape index (κ1) is 44.6. The number of nitrogens with one attached hydrogen (secondary N) is 1. The van der Waals surface area contributed by atoms with Crippen LogP contribution in [0.5, 0.6) is 0 Å². The van der Waals surface area contributed by atoms with Crippen molar-refractivity contribution in [3.63, 3.8) is 0 Å². The van der Waals surface area contributed by atoms with Crippen LogP contribution < -0.4 is 0 Å². The zero-order valence-corrected chi connectivity index (χ0v) is 29.2. The number of aromatic nitrogens is 1. The largest absolute Gasteiger partial charge is 0.674 e. The van der Waals surface area contributed by atoms with Crippen LogP contribution in [0.25, 0.3) is 33.3 Å². The molecule has 1 aromatic heterocycles. The van der Waals surface area contributed by atoms with Crippen molar-refractivity contribution < 1.29 is 32.0 Å². The smallest absolute Gasteiger partial charge is 0.0743 e. The molecule has 2 atom stereocenters. The molecule has 0 saturated heterocycles. The number of allylic oxidation sites excluding steroid dienone is 2. The fourth-order valence-electron chi connectivity index (χ4n) is 4.91. The van der Waals surface area contributed by atoms with Crippen molar-refractivity contribution in [3.8, 4) is 11.1 Å². The molecule has 1 fully saturated rings. The summed E-state index contributed by atoms with van der Waals surface area (Å²) in [7, 11) is 0. The van der Waals surface area contributed by atoms with E-state index < -0.39 is 0 Å². The number of fused-ring (bicyclic) bond motifs is 1. The van der Waals surface area contributed by atoms with E-state index in [2.05, 4.69) is 107 Å². The molecule has 4 aromatic rings. The molecule has 240 valence electrons. The number of hydrogen-bond donors (Lipinski definition) is 0. The molecule has 4 nitrogen and oxygen atoms in total. The number of rotatable bonds is 4. The predicted molar refractivity (Wildman–Crippen MR) is 187 cm³/mol. The molecule has 5 N–H and O–H groups in total. The molecule has 0 amide bonds. The quantitative estimate of drug-likeness (QED) is 0.150. The summed E-state index contributed by atoms with van der Waals surface area (Å²) in [5.74, 6) is 0.670. The number of benzene rings is 3. The molecule has 0 aliphatic heterocycles. The van der Waals surface area contributed by atoms with Gasteiger partial charge in [-0.15, -0.1) is 6.04 Å². The Morgan fingerprint density at radius 2 is 1.44 bits per heavy atom. The van der Waals surface area contributed by atoms with Crippen molar-refractivity contribution in [2.45, 2.75) is 65.8 Å². The summed E-state index contributed by atoms with van der Waals surface area (Å²) in [5.41, 5.74) is 15.7. The number of hydrogen-bond acceptors (Lipinski definition) is 1. The van der Waals surface area contributed by atoms with Gasteiger partial charge >= 0.3 is 0 Å². The Bertz CT molecular complexity index is 1310. The zero-order valence-electron chi connectivity index (χ0n) is 26.9. The maximum absolute atomic E-state index is 7.48. The summed E-state index contributed by atoms with van der Waals surface area (Å²) < 4.78 is 0. The van der Waals surface area contributed by atoms with Crippen LogP contribution in [0.2, 0.25) is 0 Å². The minimum absolute atomic E-state index is 0. The van der Waals surface area contributed by atoms with E-state index in [1.54, 1.807) is 0 Å². The third-order valence-electron chi connectivity index (χ3n) is 7.02. The fourth-order valence-corrected chi connectivity index (χ4v) is 4.91. The molecule has 5 rings (SSSR count). The van der Waals surface area contributed by atoms with Crippen LogP contribution in [0.3, 0.4) is 0 Å². The topological polar surface area (TPSA) is 99.7 Å². The van der Waals surface area contributed by atoms with Crippen molar-refractivity contribution in [1.82, 2.24) is 4.98 Å². The van der Waals surface area contributed by atoms with Gasteiger partial charge in [0.25, 0.3) is 0 Å². The first-order valence-corrected chi connectivity index (χ1v) is 14.0. The van der Waals surface area contributed by atoms with Crippen LogP contribution in [0.4, 0.5) is 0 Å². The SMILES string of the molecule is C=C/C=C(/c1ccccc1)c1ccc2c(-c3ccccc3)ccnc2c1C.CC1CCCCC1[NH-].CCC.O.O.[CH3-].[CH3-].[Pt]. The van der Waals surface area contributed by atoms with Gasteiger partial charge < -0.3 is 31.5 Å². The number of pyridine rings is 1. The van der Waals surface area contributed by atoms with Gasteiger partial charge in [-0.3, -0.25) is 4.98 Å². The minimum atomic E-state index is 0. The molecule has 5 heteroatoms. The average molecular weight is 765 g/mol. The van der Waals surface area contributed by atoms with Crippen molar-refractivity contribution in [1.29, 1.82) is 0 Å². The number of nitrogens with zero attached hydrogens (tertiary/aromatic N) is 1. The average Bonchev–Trinajstić information content (AvgIpc) is 2.95. The molecule has 1 saturated carbocycles. The summed E-state index contributed by atoms with van der Waals surface area (Å²) >= 11 is 0. The van der Waals surface area contributed by atoms with Gasteiger partial charge in [0.1, 0.15) is 0 Å². The van der Waals surface area contributed by atoms with E-state index in [4.69, 9.17) is 10.7 Å². The van der Waals surface area contributed by atoms with Crippen LogP contribution in [0.15, 0.2) is 104 Å². The molecule has 2 unspecified atom stereocenters. The first-order valence-electron chi connectivity index (χ1n) is 14.0. The van der Waals surface area contributed by atoms with Gasteiger partial charge in [0.2, 0.25) is 0 Å². The normalized spacial score (nSPS) is 15.0. The molecule has 0 radical (unpaired) electrons. The summed E-state index contributed by atoms with van der Waals surface area (Å²) in [5, 5.41) is 1.18. The van der Waals surface area contributed by atoms with E-state index in [1.807, 2.05) is 24.4 Å². The van der Waals surface area contributed by atoms with Gasteiger partial charge in [0.05, 0.1) is 5.52 Å². The zero-order chi connectivity index (χ0) is 27.3. The third-order valence-corrected chi connectivity index (χ3v) is 7.02. The van der Waals surface area contributed by atoms with Crippen LogP contribution >= 0.6 is 0 Å². The van der Waals surface area contributed by atoms with E-state index in [0.29, 0.717) is 5.92 Å². The molecule has 1 aliphatic rings. The molecular formula is C38H53N2O2Pt-3. The summed E-state index contributed by atoms with van der Waals surface area (Å²) in [4.78, 5) is 4.71. The number of aryl methyl sites for hydroxylation is 1. The van der Waals surface area contributed by atoms with E-state index in [9.17, 15) is 0 Å². The van der Waals surface area contributed by atoms with Crippen LogP contribution in [0, 0.1) is 27.7 Å². The van der Waals surface area contributed by atoms with Gasteiger partial charge in [-0.1, -0.05) is 150 Å². The van der Waals surface area contributed by atoms with E-state index in [-0.39, 0.29) is 52.9 Å². The van der Waals surface area contributed by atoms with Gasteiger partial charge in [-0.05, 0) is 46.4 Å². The summed E-state index contributed by atoms with van der Waals surface area (Å²) in [6.07, 6.45) is 12.1. The Hall–Kier alpha value is -2.88. The first-order chi connectivity index (χ1) is 18.5. The molecule has 0 spiro atoms. The molecule has 0 bridgehead atoms. The molecule has 1 heterocycles. The van der Waals surface area contributed by atoms with Crippen LogP contribution in [-0.4, -0.2) is 22.0 Å². The van der Waals surface area contributed by atoms with Gasteiger partial charge in [-0.25, -0.2) is 0 Å². The van der Waals surface area contributed by atoms with E-state index >= 15 is 0 Å². The van der Waals surface area contributed by atoms with Crippen molar-refractivity contribution in [2.24, 2.45) is 5.92 Å². The Labute approximate surface area is 276 Å². The molecule has 1 aliphatic carbocycles. The molecule has 43 heavy (non-hydrogen) atoms. The van der Waals surface area contributed by atoms with Crippen molar-refractivity contribution in [3.05, 3.63) is 141 Å².